The molecule has 3 aromatic rings. The molecule has 1 heterocycles. The third-order valence-corrected chi connectivity index (χ3v) is 5.13. The molecule has 0 radical (unpaired) electrons. The van der Waals surface area contributed by atoms with Gasteiger partial charge in [0.05, 0.1) is 6.61 Å². The van der Waals surface area contributed by atoms with E-state index in [0.29, 0.717) is 18.8 Å². The lowest BCUT2D eigenvalue weighted by Gasteiger charge is -2.10. The van der Waals surface area contributed by atoms with E-state index in [0.717, 1.165) is 27.5 Å². The van der Waals surface area contributed by atoms with Gasteiger partial charge in [-0.2, -0.15) is 0 Å². The number of primary sulfonamides is 1. The van der Waals surface area contributed by atoms with Gasteiger partial charge in [-0.15, -0.1) is 0 Å². The number of aromatic hydroxyl groups is 1. The third kappa shape index (κ3) is 2.50. The van der Waals surface area contributed by atoms with Gasteiger partial charge in [0.1, 0.15) is 16.4 Å². The zero-order valence-electron chi connectivity index (χ0n) is 12.7. The van der Waals surface area contributed by atoms with Gasteiger partial charge in [0, 0.05) is 6.42 Å². The molecule has 0 unspecified atom stereocenters. The van der Waals surface area contributed by atoms with E-state index in [-0.39, 0.29) is 10.6 Å². The number of benzene rings is 3. The first-order valence-electron chi connectivity index (χ1n) is 7.47. The van der Waals surface area contributed by atoms with Crippen LogP contribution < -0.4 is 9.88 Å². The number of hydrogen-bond donors (Lipinski definition) is 2. The highest BCUT2D eigenvalue weighted by molar-refractivity contribution is 7.89. The van der Waals surface area contributed by atoms with E-state index in [2.05, 4.69) is 0 Å². The Labute approximate surface area is 139 Å². The number of fused-ring (bicyclic) bond motifs is 2. The minimum atomic E-state index is -3.86. The smallest absolute Gasteiger partial charge is 0.241 e. The molecule has 0 bridgehead atoms. The Morgan fingerprint density at radius 1 is 0.958 bits per heavy atom. The Kier molecular flexibility index (Phi) is 3.26. The quantitative estimate of drug-likeness (QED) is 0.750. The van der Waals surface area contributed by atoms with Gasteiger partial charge in [-0.3, -0.25) is 0 Å². The van der Waals surface area contributed by atoms with Crippen LogP contribution in [0.4, 0.5) is 0 Å². The molecule has 3 aromatic carbocycles. The molecule has 0 fully saturated rings. The number of rotatable bonds is 2. The highest BCUT2D eigenvalue weighted by Crippen LogP contribution is 2.37. The van der Waals surface area contributed by atoms with E-state index in [1.807, 2.05) is 30.3 Å². The summed E-state index contributed by atoms with van der Waals surface area (Å²) >= 11 is 0. The molecule has 0 spiro atoms. The zero-order chi connectivity index (χ0) is 16.9. The van der Waals surface area contributed by atoms with Crippen LogP contribution in [0.25, 0.3) is 21.9 Å². The van der Waals surface area contributed by atoms with Gasteiger partial charge in [-0.1, -0.05) is 18.2 Å². The zero-order valence-corrected chi connectivity index (χ0v) is 13.5. The van der Waals surface area contributed by atoms with Crippen LogP contribution in [0.15, 0.2) is 53.4 Å². The molecule has 0 amide bonds. The van der Waals surface area contributed by atoms with Crippen LogP contribution in [0.2, 0.25) is 0 Å². The van der Waals surface area contributed by atoms with Crippen LogP contribution in [-0.2, 0) is 16.4 Å². The number of nitrogens with two attached hydrogens (primary N) is 1. The molecule has 5 nitrogen and oxygen atoms in total. The van der Waals surface area contributed by atoms with Crippen LogP contribution in [0.1, 0.15) is 5.56 Å². The summed E-state index contributed by atoms with van der Waals surface area (Å²) in [6, 6.07) is 14.4. The summed E-state index contributed by atoms with van der Waals surface area (Å²) in [5, 5.41) is 16.8. The molecule has 0 atom stereocenters. The molecule has 0 saturated heterocycles. The van der Waals surface area contributed by atoms with E-state index >= 15 is 0 Å². The van der Waals surface area contributed by atoms with Crippen LogP contribution in [0.5, 0.6) is 11.5 Å². The minimum Gasteiger partial charge on any atom is -0.508 e. The first-order chi connectivity index (χ1) is 11.4. The van der Waals surface area contributed by atoms with Gasteiger partial charge in [-0.25, -0.2) is 13.6 Å². The van der Waals surface area contributed by atoms with Crippen LogP contribution in [-0.4, -0.2) is 20.1 Å². The Bertz CT molecular complexity index is 1070. The molecule has 0 aromatic heterocycles. The summed E-state index contributed by atoms with van der Waals surface area (Å²) < 4.78 is 29.2. The van der Waals surface area contributed by atoms with Gasteiger partial charge >= 0.3 is 0 Å². The number of hydrogen-bond acceptors (Lipinski definition) is 4. The molecule has 0 aliphatic carbocycles. The van der Waals surface area contributed by atoms with Crippen molar-refractivity contribution in [2.24, 2.45) is 5.14 Å². The second-order valence-electron chi connectivity index (χ2n) is 5.85. The van der Waals surface area contributed by atoms with Crippen LogP contribution in [0.3, 0.4) is 0 Å². The lowest BCUT2D eigenvalue weighted by molar-refractivity contribution is 0.348. The Balaban J connectivity index is 1.92. The predicted molar refractivity (Wildman–Crippen MR) is 91.6 cm³/mol. The van der Waals surface area contributed by atoms with Crippen molar-refractivity contribution in [3.05, 3.63) is 54.1 Å². The number of sulfonamides is 1. The van der Waals surface area contributed by atoms with Crippen molar-refractivity contribution in [3.8, 4) is 22.6 Å². The normalized spacial score (nSPS) is 13.7. The average Bonchev–Trinajstić information content (AvgIpc) is 3.00. The van der Waals surface area contributed by atoms with Crippen molar-refractivity contribution >= 4 is 20.8 Å². The SMILES string of the molecule is NS(=O)(=O)c1cc(-c2ccc3cc(O)ccc3c2)cc2c1OCC2. The molecule has 1 aliphatic heterocycles. The summed E-state index contributed by atoms with van der Waals surface area (Å²) in [7, 11) is -3.86. The first-order valence-corrected chi connectivity index (χ1v) is 9.02. The van der Waals surface area contributed by atoms with E-state index in [1.54, 1.807) is 18.2 Å². The fraction of sp³-hybridized carbons (Fsp3) is 0.111. The Morgan fingerprint density at radius 3 is 2.50 bits per heavy atom. The van der Waals surface area contributed by atoms with Gasteiger partial charge in [0.2, 0.25) is 10.0 Å². The highest BCUT2D eigenvalue weighted by atomic mass is 32.2. The number of ether oxygens (including phenoxy) is 1. The predicted octanol–water partition coefficient (Wildman–Crippen LogP) is 2.79. The van der Waals surface area contributed by atoms with Crippen molar-refractivity contribution in [2.45, 2.75) is 11.3 Å². The van der Waals surface area contributed by atoms with Gasteiger partial charge in [0.15, 0.2) is 0 Å². The van der Waals surface area contributed by atoms with E-state index in [9.17, 15) is 13.5 Å². The van der Waals surface area contributed by atoms with E-state index in [4.69, 9.17) is 9.88 Å². The molecular weight excluding hydrogens is 326 g/mol. The molecule has 3 N–H and O–H groups in total. The topological polar surface area (TPSA) is 89.6 Å². The minimum absolute atomic E-state index is 0.0262. The van der Waals surface area contributed by atoms with Crippen LogP contribution >= 0.6 is 0 Å². The molecular formula is C18H15NO4S. The molecule has 6 heteroatoms. The van der Waals surface area contributed by atoms with Crippen molar-refractivity contribution in [2.75, 3.05) is 6.61 Å². The van der Waals surface area contributed by atoms with Gasteiger partial charge in [0.25, 0.3) is 0 Å². The molecule has 24 heavy (non-hydrogen) atoms. The Hall–Kier alpha value is -2.57. The number of phenols is 1. The summed E-state index contributed by atoms with van der Waals surface area (Å²) in [5.74, 6) is 0.577. The monoisotopic (exact) mass is 341 g/mol. The van der Waals surface area contributed by atoms with Crippen molar-refractivity contribution in [3.63, 3.8) is 0 Å². The maximum atomic E-state index is 11.9. The van der Waals surface area contributed by atoms with Crippen molar-refractivity contribution < 1.29 is 18.3 Å². The van der Waals surface area contributed by atoms with E-state index < -0.39 is 10.0 Å². The largest absolute Gasteiger partial charge is 0.508 e. The van der Waals surface area contributed by atoms with E-state index in [1.165, 1.54) is 0 Å². The van der Waals surface area contributed by atoms with Crippen molar-refractivity contribution in [1.82, 2.24) is 0 Å². The third-order valence-electron chi connectivity index (χ3n) is 4.21. The summed E-state index contributed by atoms with van der Waals surface area (Å²) in [4.78, 5) is 0.0262. The molecule has 4 rings (SSSR count). The summed E-state index contributed by atoms with van der Waals surface area (Å²) in [6.07, 6.45) is 0.660. The second-order valence-corrected chi connectivity index (χ2v) is 7.38. The van der Waals surface area contributed by atoms with Crippen LogP contribution in [0, 0.1) is 0 Å². The molecule has 0 saturated carbocycles. The second kappa shape index (κ2) is 5.22. The fourth-order valence-corrected chi connectivity index (χ4v) is 3.80. The van der Waals surface area contributed by atoms with Gasteiger partial charge in [-0.05, 0) is 57.8 Å². The molecule has 122 valence electrons. The first kappa shape index (κ1) is 15.0. The van der Waals surface area contributed by atoms with Gasteiger partial charge < -0.3 is 9.84 Å². The maximum Gasteiger partial charge on any atom is 0.241 e. The standard InChI is InChI=1S/C18H15NO4S/c19-24(21,22)17-10-15(8-14-5-6-23-18(14)17)12-1-2-13-9-16(20)4-3-11(13)7-12/h1-4,7-10,20H,5-6H2,(H2,19,21,22). The molecule has 1 aliphatic rings. The fourth-order valence-electron chi connectivity index (χ4n) is 3.06. The lowest BCUT2D eigenvalue weighted by Crippen LogP contribution is -2.13. The maximum absolute atomic E-state index is 11.9. The summed E-state index contributed by atoms with van der Waals surface area (Å²) in [5.41, 5.74) is 2.51. The van der Waals surface area contributed by atoms with Crippen molar-refractivity contribution in [1.29, 1.82) is 0 Å². The summed E-state index contributed by atoms with van der Waals surface area (Å²) in [6.45, 7) is 0.457. The number of phenolic OH excluding ortho intramolecular Hbond substituents is 1. The highest BCUT2D eigenvalue weighted by Gasteiger charge is 2.24. The lowest BCUT2D eigenvalue weighted by atomic mass is 9.99. The average molecular weight is 341 g/mol. The Morgan fingerprint density at radius 2 is 1.71 bits per heavy atom.